The molecule has 47 heavy (non-hydrogen) atoms. The lowest BCUT2D eigenvalue weighted by Gasteiger charge is -2.20. The van der Waals surface area contributed by atoms with Gasteiger partial charge in [-0.25, -0.2) is 0 Å². The molecule has 0 bridgehead atoms. The summed E-state index contributed by atoms with van der Waals surface area (Å²) < 4.78 is 7.59. The third-order valence-corrected chi connectivity index (χ3v) is 9.78. The van der Waals surface area contributed by atoms with E-state index in [-0.39, 0.29) is 0 Å². The van der Waals surface area contributed by atoms with Crippen LogP contribution in [0.3, 0.4) is 0 Å². The lowest BCUT2D eigenvalue weighted by Crippen LogP contribution is -2.31. The molecular formula is C42H26BBrO3. The predicted octanol–water partition coefficient (Wildman–Crippen LogP) is 10.5. The maximum absolute atomic E-state index is 10.8. The van der Waals surface area contributed by atoms with Crippen LogP contribution in [0.25, 0.3) is 87.6 Å². The largest absolute Gasteiger partial charge is 0.489 e. The molecule has 0 aliphatic carbocycles. The lowest BCUT2D eigenvalue weighted by atomic mass is 9.71. The molecular weight excluding hydrogens is 643 g/mol. The molecule has 1 aromatic heterocycles. The van der Waals surface area contributed by atoms with Gasteiger partial charge in [-0.2, -0.15) is 0 Å². The van der Waals surface area contributed by atoms with Gasteiger partial charge in [-0.3, -0.25) is 0 Å². The van der Waals surface area contributed by atoms with Gasteiger partial charge in [0.2, 0.25) is 0 Å². The van der Waals surface area contributed by atoms with Crippen molar-refractivity contribution < 1.29 is 14.5 Å². The first-order valence-corrected chi connectivity index (χ1v) is 16.4. The van der Waals surface area contributed by atoms with Crippen molar-refractivity contribution in [2.75, 3.05) is 0 Å². The topological polar surface area (TPSA) is 53.6 Å². The molecule has 8 aromatic carbocycles. The molecule has 0 aliphatic rings. The summed E-state index contributed by atoms with van der Waals surface area (Å²) in [5.74, 6) is 0. The number of hydrogen-bond donors (Lipinski definition) is 2. The maximum atomic E-state index is 10.8. The summed E-state index contributed by atoms with van der Waals surface area (Å²) in [5.41, 5.74) is 8.42. The molecule has 9 aromatic rings. The first-order chi connectivity index (χ1) is 23.0. The van der Waals surface area contributed by atoms with Crippen LogP contribution in [0.15, 0.2) is 154 Å². The fourth-order valence-corrected chi connectivity index (χ4v) is 7.72. The van der Waals surface area contributed by atoms with Crippen molar-refractivity contribution in [2.24, 2.45) is 0 Å². The number of benzene rings is 8. The zero-order chi connectivity index (χ0) is 31.6. The second-order valence-corrected chi connectivity index (χ2v) is 12.9. The number of rotatable bonds is 4. The van der Waals surface area contributed by atoms with Crippen molar-refractivity contribution in [1.82, 2.24) is 0 Å². The van der Waals surface area contributed by atoms with Gasteiger partial charge in [0.1, 0.15) is 11.2 Å². The molecule has 1 heterocycles. The van der Waals surface area contributed by atoms with E-state index in [4.69, 9.17) is 4.42 Å². The van der Waals surface area contributed by atoms with E-state index in [1.807, 2.05) is 36.4 Å². The molecule has 3 nitrogen and oxygen atoms in total. The summed E-state index contributed by atoms with van der Waals surface area (Å²) in [6, 6.07) is 50.0. The van der Waals surface area contributed by atoms with E-state index in [0.29, 0.717) is 5.46 Å². The van der Waals surface area contributed by atoms with E-state index in [1.54, 1.807) is 0 Å². The van der Waals surface area contributed by atoms with E-state index in [2.05, 4.69) is 125 Å². The fraction of sp³-hybridized carbons (Fsp3) is 0. The molecule has 0 saturated heterocycles. The van der Waals surface area contributed by atoms with Crippen LogP contribution in [0.5, 0.6) is 0 Å². The second-order valence-electron chi connectivity index (χ2n) is 12.0. The Morgan fingerprint density at radius 3 is 1.91 bits per heavy atom. The highest BCUT2D eigenvalue weighted by atomic mass is 79.9. The van der Waals surface area contributed by atoms with Crippen LogP contribution in [0.2, 0.25) is 0 Å². The first kappa shape index (κ1) is 28.1. The summed E-state index contributed by atoms with van der Waals surface area (Å²) in [5, 5.41) is 29.4. The Hall–Kier alpha value is -5.20. The summed E-state index contributed by atoms with van der Waals surface area (Å²) in [4.78, 5) is 0. The monoisotopic (exact) mass is 668 g/mol. The zero-order valence-electron chi connectivity index (χ0n) is 25.1. The van der Waals surface area contributed by atoms with E-state index < -0.39 is 7.12 Å². The second kappa shape index (κ2) is 11.0. The van der Waals surface area contributed by atoms with Gasteiger partial charge in [0.05, 0.1) is 0 Å². The molecule has 0 fully saturated rings. The van der Waals surface area contributed by atoms with E-state index in [0.717, 1.165) is 86.7 Å². The van der Waals surface area contributed by atoms with Crippen LogP contribution < -0.4 is 5.46 Å². The van der Waals surface area contributed by atoms with Crippen molar-refractivity contribution in [1.29, 1.82) is 0 Å². The highest BCUT2D eigenvalue weighted by Gasteiger charge is 2.24. The van der Waals surface area contributed by atoms with Crippen molar-refractivity contribution in [3.8, 4) is 33.4 Å². The van der Waals surface area contributed by atoms with Crippen LogP contribution in [0.1, 0.15) is 0 Å². The normalized spacial score (nSPS) is 11.7. The highest BCUT2D eigenvalue weighted by Crippen LogP contribution is 2.44. The lowest BCUT2D eigenvalue weighted by molar-refractivity contribution is 0.426. The standard InChI is InChI=1S/C42H26BBrO3/c44-29-23-35(42-38(24-29)36-20-26-12-4-5-13-27(26)22-39(36)47-42)28-18-19-34-37(21-28)40(32-16-8-9-17-33(32)41(34)43(45)46)31-15-7-6-14-30(31)25-10-2-1-3-11-25/h1-24,45-46H. The molecule has 5 heteroatoms. The van der Waals surface area contributed by atoms with Crippen LogP contribution in [0.4, 0.5) is 0 Å². The van der Waals surface area contributed by atoms with Gasteiger partial charge in [0, 0.05) is 20.8 Å². The van der Waals surface area contributed by atoms with Crippen molar-refractivity contribution >= 4 is 82.8 Å². The minimum atomic E-state index is -1.64. The van der Waals surface area contributed by atoms with Crippen LogP contribution in [0, 0.1) is 0 Å². The summed E-state index contributed by atoms with van der Waals surface area (Å²) in [6.45, 7) is 0. The summed E-state index contributed by atoms with van der Waals surface area (Å²) in [6.07, 6.45) is 0. The van der Waals surface area contributed by atoms with E-state index in [9.17, 15) is 10.0 Å². The number of hydrogen-bond acceptors (Lipinski definition) is 3. The molecule has 222 valence electrons. The van der Waals surface area contributed by atoms with Crippen molar-refractivity contribution in [3.63, 3.8) is 0 Å². The smallest absolute Gasteiger partial charge is 0.455 e. The average Bonchev–Trinajstić information content (AvgIpc) is 3.46. The number of halogens is 1. The van der Waals surface area contributed by atoms with Gasteiger partial charge in [-0.05, 0) is 95.9 Å². The van der Waals surface area contributed by atoms with Gasteiger partial charge >= 0.3 is 7.12 Å². The van der Waals surface area contributed by atoms with Crippen LogP contribution in [-0.2, 0) is 0 Å². The minimum absolute atomic E-state index is 0.498. The van der Waals surface area contributed by atoms with E-state index in [1.165, 1.54) is 5.39 Å². The Bertz CT molecular complexity index is 2680. The SMILES string of the molecule is OB(O)c1c2ccccc2c(-c2ccccc2-c2ccccc2)c2cc(-c3cc(Br)cc4c3oc3cc5ccccc5cc34)ccc12. The average molecular weight is 669 g/mol. The Kier molecular flexibility index (Phi) is 6.54. The van der Waals surface area contributed by atoms with Crippen LogP contribution in [-0.4, -0.2) is 17.2 Å². The van der Waals surface area contributed by atoms with Crippen molar-refractivity contribution in [2.45, 2.75) is 0 Å². The van der Waals surface area contributed by atoms with Gasteiger partial charge in [0.15, 0.2) is 0 Å². The summed E-state index contributed by atoms with van der Waals surface area (Å²) >= 11 is 3.79. The Morgan fingerprint density at radius 1 is 0.468 bits per heavy atom. The van der Waals surface area contributed by atoms with Gasteiger partial charge < -0.3 is 14.5 Å². The van der Waals surface area contributed by atoms with Gasteiger partial charge in [0.25, 0.3) is 0 Å². The Morgan fingerprint density at radius 2 is 1.13 bits per heavy atom. The summed E-state index contributed by atoms with van der Waals surface area (Å²) in [7, 11) is -1.64. The zero-order valence-corrected chi connectivity index (χ0v) is 26.7. The van der Waals surface area contributed by atoms with Gasteiger partial charge in [-0.15, -0.1) is 0 Å². The Labute approximate surface area is 279 Å². The quantitative estimate of drug-likeness (QED) is 0.145. The number of fused-ring (bicyclic) bond motifs is 6. The highest BCUT2D eigenvalue weighted by molar-refractivity contribution is 9.10. The minimum Gasteiger partial charge on any atom is -0.455 e. The number of furan rings is 1. The molecule has 0 radical (unpaired) electrons. The molecule has 0 saturated carbocycles. The molecule has 2 N–H and O–H groups in total. The molecule has 0 amide bonds. The molecule has 9 rings (SSSR count). The third kappa shape index (κ3) is 4.50. The fourth-order valence-electron chi connectivity index (χ4n) is 7.26. The van der Waals surface area contributed by atoms with E-state index >= 15 is 0 Å². The molecule has 0 spiro atoms. The molecule has 0 atom stereocenters. The van der Waals surface area contributed by atoms with Crippen LogP contribution >= 0.6 is 15.9 Å². The maximum Gasteiger partial charge on any atom is 0.489 e. The molecule has 0 aliphatic heterocycles. The molecule has 0 unspecified atom stereocenters. The predicted molar refractivity (Wildman–Crippen MR) is 200 cm³/mol. The van der Waals surface area contributed by atoms with Gasteiger partial charge in [-0.1, -0.05) is 131 Å². The Balaban J connectivity index is 1.39. The van der Waals surface area contributed by atoms with Crippen molar-refractivity contribution in [3.05, 3.63) is 150 Å². The third-order valence-electron chi connectivity index (χ3n) is 9.32. The first-order valence-electron chi connectivity index (χ1n) is 15.6.